The molecule has 2 aromatic carbocycles. The van der Waals surface area contributed by atoms with Crippen molar-refractivity contribution in [1.82, 2.24) is 4.90 Å². The maximum atomic E-state index is 12.6. The van der Waals surface area contributed by atoms with Crippen molar-refractivity contribution < 1.29 is 4.79 Å². The smallest absolute Gasteiger partial charge is 0.266 e. The summed E-state index contributed by atoms with van der Waals surface area (Å²) >= 11 is 3.06. The standard InChI is InChI=1S/C22H18N2OS2/c1-15-8-10-18(11-9-15)23-22-24(2)21(25)20(27-22)13-19-12-17(14-26-19)16-6-4-3-5-7-16/h3-14H,1-2H3/b20-13-,23-22?. The van der Waals surface area contributed by atoms with Gasteiger partial charge >= 0.3 is 0 Å². The van der Waals surface area contributed by atoms with Gasteiger partial charge in [-0.2, -0.15) is 0 Å². The number of amidine groups is 1. The van der Waals surface area contributed by atoms with Gasteiger partial charge in [0.2, 0.25) is 0 Å². The van der Waals surface area contributed by atoms with Crippen LogP contribution in [0, 0.1) is 6.92 Å². The van der Waals surface area contributed by atoms with Crippen molar-refractivity contribution in [2.24, 2.45) is 4.99 Å². The normalized spacial score (nSPS) is 17.3. The number of aliphatic imine (C=N–C) groups is 1. The Morgan fingerprint density at radius 1 is 1.00 bits per heavy atom. The van der Waals surface area contributed by atoms with Crippen LogP contribution in [-0.4, -0.2) is 23.0 Å². The number of carbonyl (C=O) groups excluding carboxylic acids is 1. The summed E-state index contributed by atoms with van der Waals surface area (Å²) in [5, 5.41) is 2.83. The molecule has 0 aliphatic carbocycles. The van der Waals surface area contributed by atoms with Gasteiger partial charge in [0.25, 0.3) is 5.91 Å². The van der Waals surface area contributed by atoms with Crippen molar-refractivity contribution in [1.29, 1.82) is 0 Å². The van der Waals surface area contributed by atoms with Gasteiger partial charge in [0.15, 0.2) is 5.17 Å². The second kappa shape index (κ2) is 7.55. The van der Waals surface area contributed by atoms with Crippen molar-refractivity contribution in [2.45, 2.75) is 6.92 Å². The maximum absolute atomic E-state index is 12.6. The lowest BCUT2D eigenvalue weighted by Crippen LogP contribution is -2.23. The van der Waals surface area contributed by atoms with E-state index in [1.165, 1.54) is 28.5 Å². The number of thioether (sulfide) groups is 1. The van der Waals surface area contributed by atoms with Gasteiger partial charge in [-0.3, -0.25) is 9.69 Å². The van der Waals surface area contributed by atoms with E-state index in [-0.39, 0.29) is 5.91 Å². The van der Waals surface area contributed by atoms with Crippen LogP contribution in [0.4, 0.5) is 5.69 Å². The third kappa shape index (κ3) is 3.89. The number of carbonyl (C=O) groups is 1. The summed E-state index contributed by atoms with van der Waals surface area (Å²) in [4.78, 5) is 20.6. The first-order valence-corrected chi connectivity index (χ1v) is 10.3. The van der Waals surface area contributed by atoms with Crippen LogP contribution in [0.25, 0.3) is 17.2 Å². The summed E-state index contributed by atoms with van der Waals surface area (Å²) < 4.78 is 0. The SMILES string of the molecule is Cc1ccc(N=C2S/C(=C\c3cc(-c4ccccc4)cs3)C(=O)N2C)cc1. The first kappa shape index (κ1) is 17.8. The number of nitrogens with zero attached hydrogens (tertiary/aromatic N) is 2. The van der Waals surface area contributed by atoms with Crippen LogP contribution in [0.5, 0.6) is 0 Å². The van der Waals surface area contributed by atoms with Gasteiger partial charge < -0.3 is 0 Å². The number of hydrogen-bond donors (Lipinski definition) is 0. The molecule has 1 saturated heterocycles. The minimum Gasteiger partial charge on any atom is -0.290 e. The zero-order valence-electron chi connectivity index (χ0n) is 15.0. The van der Waals surface area contributed by atoms with E-state index in [4.69, 9.17) is 0 Å². The van der Waals surface area contributed by atoms with Crippen molar-refractivity contribution in [3.05, 3.63) is 81.4 Å². The zero-order chi connectivity index (χ0) is 18.8. The minimum atomic E-state index is -0.0134. The monoisotopic (exact) mass is 390 g/mol. The molecule has 134 valence electrons. The predicted octanol–water partition coefficient (Wildman–Crippen LogP) is 5.96. The molecule has 0 spiro atoms. The highest BCUT2D eigenvalue weighted by Crippen LogP contribution is 2.35. The highest BCUT2D eigenvalue weighted by molar-refractivity contribution is 8.18. The summed E-state index contributed by atoms with van der Waals surface area (Å²) in [5.74, 6) is -0.0134. The van der Waals surface area contributed by atoms with Gasteiger partial charge in [0.05, 0.1) is 10.6 Å². The molecule has 1 amide bonds. The van der Waals surface area contributed by atoms with Crippen LogP contribution in [0.3, 0.4) is 0 Å². The molecule has 0 bridgehead atoms. The Hall–Kier alpha value is -2.63. The zero-order valence-corrected chi connectivity index (χ0v) is 16.7. The Labute approximate surface area is 167 Å². The summed E-state index contributed by atoms with van der Waals surface area (Å²) in [6.07, 6.45) is 1.96. The topological polar surface area (TPSA) is 32.7 Å². The molecule has 0 atom stereocenters. The molecule has 3 aromatic rings. The molecule has 1 aromatic heterocycles. The molecule has 1 fully saturated rings. The lowest BCUT2D eigenvalue weighted by Gasteiger charge is -2.07. The van der Waals surface area contributed by atoms with Gasteiger partial charge in [-0.1, -0.05) is 48.0 Å². The van der Waals surface area contributed by atoms with E-state index in [9.17, 15) is 4.79 Å². The lowest BCUT2D eigenvalue weighted by atomic mass is 10.1. The third-order valence-corrected chi connectivity index (χ3v) is 6.20. The Morgan fingerprint density at radius 3 is 2.48 bits per heavy atom. The average molecular weight is 391 g/mol. The van der Waals surface area contributed by atoms with E-state index >= 15 is 0 Å². The second-order valence-corrected chi connectivity index (χ2v) is 8.26. The van der Waals surface area contributed by atoms with Gasteiger partial charge in [0.1, 0.15) is 0 Å². The molecule has 27 heavy (non-hydrogen) atoms. The van der Waals surface area contributed by atoms with E-state index in [1.807, 2.05) is 55.5 Å². The molecule has 2 heterocycles. The van der Waals surface area contributed by atoms with E-state index in [0.29, 0.717) is 10.1 Å². The molecule has 0 radical (unpaired) electrons. The van der Waals surface area contributed by atoms with Gasteiger partial charge in [-0.25, -0.2) is 4.99 Å². The fourth-order valence-electron chi connectivity index (χ4n) is 2.72. The van der Waals surface area contributed by atoms with Crippen molar-refractivity contribution in [3.63, 3.8) is 0 Å². The molecular weight excluding hydrogens is 372 g/mol. The summed E-state index contributed by atoms with van der Waals surface area (Å²) in [6, 6.07) is 20.4. The number of likely N-dealkylation sites (N-methyl/N-ethyl adjacent to an activating group) is 1. The second-order valence-electron chi connectivity index (χ2n) is 6.31. The van der Waals surface area contributed by atoms with Crippen molar-refractivity contribution >= 4 is 45.9 Å². The fourth-order valence-corrected chi connectivity index (χ4v) is 4.62. The Balaban J connectivity index is 1.58. The molecule has 0 N–H and O–H groups in total. The van der Waals surface area contributed by atoms with Crippen LogP contribution >= 0.6 is 23.1 Å². The minimum absolute atomic E-state index is 0.0134. The average Bonchev–Trinajstić information content (AvgIpc) is 3.26. The van der Waals surface area contributed by atoms with Gasteiger partial charge in [0, 0.05) is 11.9 Å². The number of hydrogen-bond acceptors (Lipinski definition) is 4. The third-order valence-electron chi connectivity index (χ3n) is 4.26. The Bertz CT molecular complexity index is 1030. The molecule has 4 rings (SSSR count). The lowest BCUT2D eigenvalue weighted by molar-refractivity contribution is -0.121. The molecular formula is C22H18N2OS2. The first-order valence-electron chi connectivity index (χ1n) is 8.57. The van der Waals surface area contributed by atoms with E-state index in [0.717, 1.165) is 10.6 Å². The summed E-state index contributed by atoms with van der Waals surface area (Å²) in [6.45, 7) is 2.04. The summed E-state index contributed by atoms with van der Waals surface area (Å²) in [5.41, 5.74) is 4.40. The molecule has 5 heteroatoms. The van der Waals surface area contributed by atoms with Crippen molar-refractivity contribution in [3.8, 4) is 11.1 Å². The predicted molar refractivity (Wildman–Crippen MR) is 116 cm³/mol. The van der Waals surface area contributed by atoms with Crippen molar-refractivity contribution in [2.75, 3.05) is 7.05 Å². The van der Waals surface area contributed by atoms with Gasteiger partial charge in [-0.15, -0.1) is 11.3 Å². The molecule has 1 aliphatic rings. The number of amides is 1. The van der Waals surface area contributed by atoms with Crippen LogP contribution in [-0.2, 0) is 4.79 Å². The molecule has 0 unspecified atom stereocenters. The maximum Gasteiger partial charge on any atom is 0.266 e. The number of aryl methyl sites for hydroxylation is 1. The van der Waals surface area contributed by atoms with Crippen LogP contribution in [0.1, 0.15) is 10.4 Å². The quantitative estimate of drug-likeness (QED) is 0.517. The van der Waals surface area contributed by atoms with E-state index < -0.39 is 0 Å². The molecule has 3 nitrogen and oxygen atoms in total. The molecule has 1 aliphatic heterocycles. The van der Waals surface area contributed by atoms with Crippen LogP contribution < -0.4 is 0 Å². The van der Waals surface area contributed by atoms with E-state index in [2.05, 4.69) is 28.6 Å². The Morgan fingerprint density at radius 2 is 1.74 bits per heavy atom. The summed E-state index contributed by atoms with van der Waals surface area (Å²) in [7, 11) is 1.77. The highest BCUT2D eigenvalue weighted by atomic mass is 32.2. The first-order chi connectivity index (χ1) is 13.1. The Kier molecular flexibility index (Phi) is 4.97. The van der Waals surface area contributed by atoms with E-state index in [1.54, 1.807) is 23.3 Å². The number of thiophene rings is 1. The highest BCUT2D eigenvalue weighted by Gasteiger charge is 2.30. The largest absolute Gasteiger partial charge is 0.290 e. The number of benzene rings is 2. The fraction of sp³-hybridized carbons (Fsp3) is 0.0909. The van der Waals surface area contributed by atoms with Gasteiger partial charge in [-0.05, 0) is 59.5 Å². The number of rotatable bonds is 3. The van der Waals surface area contributed by atoms with Crippen LogP contribution in [0.2, 0.25) is 0 Å². The molecule has 0 saturated carbocycles. The van der Waals surface area contributed by atoms with Crippen LogP contribution in [0.15, 0.2) is 75.9 Å².